The van der Waals surface area contributed by atoms with Crippen molar-refractivity contribution in [2.75, 3.05) is 0 Å². The Morgan fingerprint density at radius 3 is 2.12 bits per heavy atom. The summed E-state index contributed by atoms with van der Waals surface area (Å²) in [6.07, 6.45) is -7.38. The van der Waals surface area contributed by atoms with Crippen LogP contribution in [0.15, 0.2) is 54.7 Å². The first kappa shape index (κ1) is 18.2. The van der Waals surface area contributed by atoms with Crippen molar-refractivity contribution >= 4 is 5.57 Å². The summed E-state index contributed by atoms with van der Waals surface area (Å²) < 4.78 is 97.2. The van der Waals surface area contributed by atoms with Crippen LogP contribution in [0.4, 0.5) is 30.7 Å². The molecule has 0 radical (unpaired) electrons. The number of ether oxygens (including phenoxy) is 1. The molecule has 1 aliphatic rings. The minimum Gasteiger partial charge on any atom is -0.479 e. The summed E-state index contributed by atoms with van der Waals surface area (Å²) in [5.74, 6) is -12.0. The van der Waals surface area contributed by atoms with E-state index >= 15 is 0 Å². The zero-order valence-electron chi connectivity index (χ0n) is 12.8. The number of pyridine rings is 1. The molecule has 0 spiro atoms. The van der Waals surface area contributed by atoms with Crippen molar-refractivity contribution in [1.82, 2.24) is 4.98 Å². The number of halogens is 7. The summed E-state index contributed by atoms with van der Waals surface area (Å²) in [6.45, 7) is 0. The molecule has 0 bridgehead atoms. The Kier molecular flexibility index (Phi) is 4.20. The SMILES string of the molecule is FC(F)(F)C(F)(F)C(F)(F)C1C=C(c2ccccn2)c2ccccc2O1. The van der Waals surface area contributed by atoms with Crippen LogP contribution in [-0.2, 0) is 0 Å². The molecular formula is C17H10F7NO. The van der Waals surface area contributed by atoms with Crippen molar-refractivity contribution in [3.63, 3.8) is 0 Å². The molecule has 0 N–H and O–H groups in total. The highest BCUT2D eigenvalue weighted by Gasteiger charge is 2.76. The summed E-state index contributed by atoms with van der Waals surface area (Å²) in [7, 11) is 0. The lowest BCUT2D eigenvalue weighted by Crippen LogP contribution is -2.59. The van der Waals surface area contributed by atoms with Crippen LogP contribution in [0.1, 0.15) is 11.3 Å². The fourth-order valence-electron chi connectivity index (χ4n) is 2.50. The van der Waals surface area contributed by atoms with Gasteiger partial charge in [-0.2, -0.15) is 30.7 Å². The van der Waals surface area contributed by atoms with Gasteiger partial charge >= 0.3 is 18.0 Å². The smallest absolute Gasteiger partial charge is 0.460 e. The first-order chi connectivity index (χ1) is 12.1. The number of alkyl halides is 7. The van der Waals surface area contributed by atoms with Gasteiger partial charge in [0.1, 0.15) is 5.75 Å². The van der Waals surface area contributed by atoms with E-state index in [1.165, 1.54) is 36.5 Å². The molecule has 1 aliphatic heterocycles. The Balaban J connectivity index is 2.13. The number of benzene rings is 1. The number of nitrogens with zero attached hydrogens (tertiary/aromatic N) is 1. The molecule has 0 saturated heterocycles. The predicted molar refractivity (Wildman–Crippen MR) is 78.1 cm³/mol. The molecule has 1 atom stereocenters. The van der Waals surface area contributed by atoms with Crippen molar-refractivity contribution in [2.24, 2.45) is 0 Å². The maximum absolute atomic E-state index is 14.1. The van der Waals surface area contributed by atoms with Gasteiger partial charge in [-0.3, -0.25) is 4.98 Å². The highest BCUT2D eigenvalue weighted by molar-refractivity contribution is 5.82. The molecule has 9 heteroatoms. The molecule has 2 aromatic rings. The van der Waals surface area contributed by atoms with Crippen molar-refractivity contribution in [3.05, 3.63) is 66.0 Å². The maximum atomic E-state index is 14.1. The van der Waals surface area contributed by atoms with E-state index in [0.29, 0.717) is 6.08 Å². The molecule has 2 heterocycles. The van der Waals surface area contributed by atoms with Gasteiger partial charge in [-0.05, 0) is 24.3 Å². The zero-order valence-corrected chi connectivity index (χ0v) is 12.8. The van der Waals surface area contributed by atoms with E-state index in [-0.39, 0.29) is 22.6 Å². The summed E-state index contributed by atoms with van der Waals surface area (Å²) in [5, 5.41) is 0. The third kappa shape index (κ3) is 2.81. The van der Waals surface area contributed by atoms with Crippen molar-refractivity contribution in [2.45, 2.75) is 24.1 Å². The van der Waals surface area contributed by atoms with E-state index in [9.17, 15) is 30.7 Å². The maximum Gasteiger partial charge on any atom is 0.460 e. The molecular weight excluding hydrogens is 367 g/mol. The Morgan fingerprint density at radius 1 is 0.846 bits per heavy atom. The van der Waals surface area contributed by atoms with Gasteiger partial charge in [0.15, 0.2) is 6.10 Å². The lowest BCUT2D eigenvalue weighted by atomic mass is 9.93. The second-order valence-corrected chi connectivity index (χ2v) is 5.53. The molecule has 3 rings (SSSR count). The van der Waals surface area contributed by atoms with Crippen LogP contribution in [0.2, 0.25) is 0 Å². The number of aromatic nitrogens is 1. The molecule has 0 saturated carbocycles. The Bertz CT molecular complexity index is 831. The lowest BCUT2D eigenvalue weighted by molar-refractivity contribution is -0.365. The number of hydrogen-bond donors (Lipinski definition) is 0. The van der Waals surface area contributed by atoms with Crippen LogP contribution in [0.5, 0.6) is 5.75 Å². The Hall–Kier alpha value is -2.58. The van der Waals surface area contributed by atoms with Crippen LogP contribution >= 0.6 is 0 Å². The van der Waals surface area contributed by atoms with E-state index in [0.717, 1.165) is 0 Å². The number of para-hydroxylation sites is 1. The molecule has 0 fully saturated rings. The van der Waals surface area contributed by atoms with Crippen LogP contribution < -0.4 is 4.74 Å². The average Bonchev–Trinajstić information content (AvgIpc) is 2.60. The fourth-order valence-corrected chi connectivity index (χ4v) is 2.50. The molecule has 0 aliphatic carbocycles. The second kappa shape index (κ2) is 6.00. The molecule has 0 amide bonds. The quantitative estimate of drug-likeness (QED) is 0.694. The molecule has 2 nitrogen and oxygen atoms in total. The first-order valence-electron chi connectivity index (χ1n) is 7.27. The molecule has 26 heavy (non-hydrogen) atoms. The van der Waals surface area contributed by atoms with Crippen molar-refractivity contribution in [1.29, 1.82) is 0 Å². The van der Waals surface area contributed by atoms with Crippen LogP contribution in [-0.4, -0.2) is 29.1 Å². The highest BCUT2D eigenvalue weighted by Crippen LogP contribution is 2.51. The Labute approximate surface area is 142 Å². The Morgan fingerprint density at radius 2 is 1.50 bits per heavy atom. The van der Waals surface area contributed by atoms with Gasteiger partial charge in [0, 0.05) is 17.3 Å². The first-order valence-corrected chi connectivity index (χ1v) is 7.27. The lowest BCUT2D eigenvalue weighted by Gasteiger charge is -2.35. The van der Waals surface area contributed by atoms with Crippen molar-refractivity contribution < 1.29 is 35.5 Å². The summed E-state index contributed by atoms with van der Waals surface area (Å²) in [4.78, 5) is 3.95. The number of fused-ring (bicyclic) bond motifs is 1. The standard InChI is InChI=1S/C17H10F7NO/c18-15(19,16(20,21)17(22,23)24)14-9-11(12-6-3-4-8-25-12)10-5-1-2-7-13(10)26-14/h1-9,14H. The van der Waals surface area contributed by atoms with Gasteiger partial charge in [0.05, 0.1) is 5.69 Å². The van der Waals surface area contributed by atoms with Gasteiger partial charge in [0.25, 0.3) is 0 Å². The van der Waals surface area contributed by atoms with E-state index in [1.54, 1.807) is 12.1 Å². The largest absolute Gasteiger partial charge is 0.479 e. The molecule has 1 aromatic heterocycles. The molecule has 138 valence electrons. The van der Waals surface area contributed by atoms with Gasteiger partial charge in [-0.1, -0.05) is 24.3 Å². The number of hydrogen-bond acceptors (Lipinski definition) is 2. The summed E-state index contributed by atoms with van der Waals surface area (Å²) in [5.41, 5.74) is 0.378. The predicted octanol–water partition coefficient (Wildman–Crippen LogP) is 5.11. The van der Waals surface area contributed by atoms with Gasteiger partial charge < -0.3 is 4.74 Å². The highest BCUT2D eigenvalue weighted by atomic mass is 19.4. The van der Waals surface area contributed by atoms with Crippen molar-refractivity contribution in [3.8, 4) is 5.75 Å². The number of rotatable bonds is 3. The monoisotopic (exact) mass is 377 g/mol. The average molecular weight is 377 g/mol. The second-order valence-electron chi connectivity index (χ2n) is 5.53. The third-order valence-electron chi connectivity index (χ3n) is 3.82. The minimum absolute atomic E-state index is 0.0184. The third-order valence-corrected chi connectivity index (χ3v) is 3.82. The van der Waals surface area contributed by atoms with Gasteiger partial charge in [0.2, 0.25) is 0 Å². The molecule has 1 unspecified atom stereocenters. The minimum atomic E-state index is -6.43. The fraction of sp³-hybridized carbons (Fsp3) is 0.235. The topological polar surface area (TPSA) is 22.1 Å². The van der Waals surface area contributed by atoms with E-state index in [1.807, 2.05) is 0 Å². The van der Waals surface area contributed by atoms with Crippen LogP contribution in [0.3, 0.4) is 0 Å². The summed E-state index contributed by atoms with van der Waals surface area (Å²) >= 11 is 0. The zero-order chi connectivity index (χ0) is 19.2. The van der Waals surface area contributed by atoms with E-state index in [4.69, 9.17) is 4.74 Å². The van der Waals surface area contributed by atoms with E-state index in [2.05, 4.69) is 4.98 Å². The van der Waals surface area contributed by atoms with Gasteiger partial charge in [-0.15, -0.1) is 0 Å². The summed E-state index contributed by atoms with van der Waals surface area (Å²) in [6, 6.07) is 10.1. The van der Waals surface area contributed by atoms with Crippen LogP contribution in [0.25, 0.3) is 5.57 Å². The van der Waals surface area contributed by atoms with Crippen LogP contribution in [0, 0.1) is 0 Å². The van der Waals surface area contributed by atoms with E-state index < -0.39 is 24.1 Å². The molecule has 1 aromatic carbocycles. The van der Waals surface area contributed by atoms with Gasteiger partial charge in [-0.25, -0.2) is 0 Å². The normalized spacial score (nSPS) is 18.0.